The van der Waals surface area contributed by atoms with Gasteiger partial charge < -0.3 is 10.4 Å². The van der Waals surface area contributed by atoms with E-state index in [0.717, 1.165) is 31.4 Å². The summed E-state index contributed by atoms with van der Waals surface area (Å²) in [6, 6.07) is 8.38. The highest BCUT2D eigenvalue weighted by atomic mass is 32.2. The molecule has 0 radical (unpaired) electrons. The van der Waals surface area contributed by atoms with Gasteiger partial charge in [-0.3, -0.25) is 0 Å². The monoisotopic (exact) mass is 251 g/mol. The Hall–Kier alpha value is -0.670. The molecular weight excluding hydrogens is 230 g/mol. The fourth-order valence-corrected chi connectivity index (χ4v) is 2.77. The molecule has 1 aliphatic carbocycles. The van der Waals surface area contributed by atoms with Gasteiger partial charge in [-0.15, -0.1) is 11.8 Å². The first-order valence-corrected chi connectivity index (χ1v) is 7.55. The average Bonchev–Trinajstić information content (AvgIpc) is 2.38. The summed E-state index contributed by atoms with van der Waals surface area (Å²) in [5.41, 5.74) is 0.609. The van der Waals surface area contributed by atoms with E-state index in [2.05, 4.69) is 35.8 Å². The Morgan fingerprint density at radius 2 is 1.82 bits per heavy atom. The zero-order chi connectivity index (χ0) is 12.1. The van der Waals surface area contributed by atoms with Gasteiger partial charge in [0.25, 0.3) is 0 Å². The third kappa shape index (κ3) is 3.65. The molecule has 1 aromatic rings. The number of nitrogens with one attached hydrogen (secondary N) is 1. The molecule has 1 aromatic carbocycles. The van der Waals surface area contributed by atoms with E-state index in [1.54, 1.807) is 11.8 Å². The van der Waals surface area contributed by atoms with Crippen molar-refractivity contribution in [3.63, 3.8) is 0 Å². The summed E-state index contributed by atoms with van der Waals surface area (Å²) in [4.78, 5) is 1.27. The van der Waals surface area contributed by atoms with E-state index in [-0.39, 0.29) is 0 Å². The van der Waals surface area contributed by atoms with Crippen molar-refractivity contribution in [2.75, 3.05) is 18.1 Å². The van der Waals surface area contributed by atoms with E-state index in [4.69, 9.17) is 0 Å². The van der Waals surface area contributed by atoms with Crippen molar-refractivity contribution in [1.82, 2.24) is 0 Å². The lowest BCUT2D eigenvalue weighted by molar-refractivity contribution is 0.0167. The predicted octanol–water partition coefficient (Wildman–Crippen LogP) is 3.52. The molecule has 3 heteroatoms. The molecule has 0 unspecified atom stereocenters. The van der Waals surface area contributed by atoms with Gasteiger partial charge in [-0.2, -0.15) is 0 Å². The van der Waals surface area contributed by atoms with Gasteiger partial charge in [0.1, 0.15) is 0 Å². The highest BCUT2D eigenvalue weighted by Gasteiger charge is 2.28. The Labute approximate surface area is 108 Å². The van der Waals surface area contributed by atoms with Crippen molar-refractivity contribution in [3.05, 3.63) is 24.3 Å². The molecule has 94 valence electrons. The van der Waals surface area contributed by atoms with Gasteiger partial charge >= 0.3 is 0 Å². The second-order valence-corrected chi connectivity index (χ2v) is 5.75. The molecule has 2 rings (SSSR count). The lowest BCUT2D eigenvalue weighted by Gasteiger charge is -2.32. The molecular formula is C14H21NOS. The molecule has 2 nitrogen and oxygen atoms in total. The van der Waals surface area contributed by atoms with Crippen LogP contribution in [-0.4, -0.2) is 23.5 Å². The minimum Gasteiger partial charge on any atom is -0.388 e. The minimum atomic E-state index is -0.490. The third-order valence-corrected chi connectivity index (χ3v) is 4.24. The van der Waals surface area contributed by atoms with Gasteiger partial charge in [-0.05, 0) is 43.4 Å². The minimum absolute atomic E-state index is 0.490. The number of benzene rings is 1. The van der Waals surface area contributed by atoms with E-state index in [1.165, 1.54) is 11.3 Å². The first-order chi connectivity index (χ1) is 8.22. The van der Waals surface area contributed by atoms with Crippen molar-refractivity contribution in [1.29, 1.82) is 0 Å². The van der Waals surface area contributed by atoms with E-state index in [1.807, 2.05) is 0 Å². The van der Waals surface area contributed by atoms with Crippen molar-refractivity contribution < 1.29 is 5.11 Å². The van der Waals surface area contributed by atoms with E-state index in [0.29, 0.717) is 6.54 Å². The number of thioether (sulfide) groups is 1. The molecule has 0 amide bonds. The van der Waals surface area contributed by atoms with Crippen LogP contribution in [0.15, 0.2) is 29.2 Å². The van der Waals surface area contributed by atoms with Crippen LogP contribution in [-0.2, 0) is 0 Å². The molecule has 1 aliphatic rings. The lowest BCUT2D eigenvalue weighted by Crippen LogP contribution is -2.38. The number of aliphatic hydroxyl groups is 1. The second kappa shape index (κ2) is 5.78. The number of hydrogen-bond donors (Lipinski definition) is 2. The van der Waals surface area contributed by atoms with Gasteiger partial charge in [-0.1, -0.05) is 19.3 Å². The first-order valence-electron chi connectivity index (χ1n) is 6.32. The second-order valence-electron chi connectivity index (χ2n) is 4.87. The summed E-state index contributed by atoms with van der Waals surface area (Å²) >= 11 is 1.75. The fourth-order valence-electron chi connectivity index (χ4n) is 2.36. The molecule has 0 heterocycles. The molecule has 1 fully saturated rings. The molecule has 0 saturated heterocycles. The van der Waals surface area contributed by atoms with Crippen LogP contribution >= 0.6 is 11.8 Å². The summed E-state index contributed by atoms with van der Waals surface area (Å²) in [5, 5.41) is 13.7. The smallest absolute Gasteiger partial charge is 0.0819 e. The van der Waals surface area contributed by atoms with Crippen molar-refractivity contribution in [2.45, 2.75) is 42.6 Å². The summed E-state index contributed by atoms with van der Waals surface area (Å²) in [6.45, 7) is 0.672. The highest BCUT2D eigenvalue weighted by molar-refractivity contribution is 7.98. The van der Waals surface area contributed by atoms with Gasteiger partial charge in [0.15, 0.2) is 0 Å². The summed E-state index contributed by atoms with van der Waals surface area (Å²) < 4.78 is 0. The zero-order valence-electron chi connectivity index (χ0n) is 10.4. The maximum atomic E-state index is 10.4. The SMILES string of the molecule is CSc1ccc(NCC2(O)CCCCC2)cc1. The van der Waals surface area contributed by atoms with Crippen molar-refractivity contribution in [2.24, 2.45) is 0 Å². The van der Waals surface area contributed by atoms with E-state index >= 15 is 0 Å². The molecule has 0 spiro atoms. The van der Waals surface area contributed by atoms with E-state index in [9.17, 15) is 5.11 Å². The molecule has 1 saturated carbocycles. The summed E-state index contributed by atoms with van der Waals surface area (Å²) in [7, 11) is 0. The molecule has 2 N–H and O–H groups in total. The molecule has 0 atom stereocenters. The standard InChI is InChI=1S/C14H21NOS/c1-17-13-7-5-12(6-8-13)15-11-14(16)9-3-2-4-10-14/h5-8,15-16H,2-4,9-11H2,1H3. The van der Waals surface area contributed by atoms with Crippen LogP contribution in [0.2, 0.25) is 0 Å². The van der Waals surface area contributed by atoms with Gasteiger partial charge in [0.2, 0.25) is 0 Å². The van der Waals surface area contributed by atoms with Crippen LogP contribution in [0.25, 0.3) is 0 Å². The van der Waals surface area contributed by atoms with Crippen LogP contribution < -0.4 is 5.32 Å². The Morgan fingerprint density at radius 3 is 2.41 bits per heavy atom. The Bertz CT molecular complexity index is 344. The largest absolute Gasteiger partial charge is 0.388 e. The quantitative estimate of drug-likeness (QED) is 0.803. The average molecular weight is 251 g/mol. The van der Waals surface area contributed by atoms with Crippen LogP contribution in [0.4, 0.5) is 5.69 Å². The third-order valence-electron chi connectivity index (χ3n) is 3.50. The Balaban J connectivity index is 1.87. The molecule has 0 bridgehead atoms. The van der Waals surface area contributed by atoms with Crippen molar-refractivity contribution in [3.8, 4) is 0 Å². The van der Waals surface area contributed by atoms with E-state index < -0.39 is 5.60 Å². The number of rotatable bonds is 4. The first kappa shape index (κ1) is 12.8. The lowest BCUT2D eigenvalue weighted by atomic mass is 9.85. The number of hydrogen-bond acceptors (Lipinski definition) is 3. The number of anilines is 1. The zero-order valence-corrected chi connectivity index (χ0v) is 11.2. The predicted molar refractivity (Wildman–Crippen MR) is 74.7 cm³/mol. The summed E-state index contributed by atoms with van der Waals surface area (Å²) in [5.74, 6) is 0. The normalized spacial score (nSPS) is 18.9. The molecule has 0 aromatic heterocycles. The van der Waals surface area contributed by atoms with Crippen molar-refractivity contribution >= 4 is 17.4 Å². The fraction of sp³-hybridized carbons (Fsp3) is 0.571. The van der Waals surface area contributed by atoms with Crippen LogP contribution in [0.1, 0.15) is 32.1 Å². The topological polar surface area (TPSA) is 32.3 Å². The maximum Gasteiger partial charge on any atom is 0.0819 e. The van der Waals surface area contributed by atoms with Crippen LogP contribution in [0.5, 0.6) is 0 Å². The molecule has 17 heavy (non-hydrogen) atoms. The van der Waals surface area contributed by atoms with Crippen LogP contribution in [0, 0.1) is 0 Å². The maximum absolute atomic E-state index is 10.4. The summed E-state index contributed by atoms with van der Waals surface area (Å²) in [6.07, 6.45) is 7.52. The van der Waals surface area contributed by atoms with Gasteiger partial charge in [0.05, 0.1) is 5.60 Å². The van der Waals surface area contributed by atoms with Crippen LogP contribution in [0.3, 0.4) is 0 Å². The van der Waals surface area contributed by atoms with Gasteiger partial charge in [-0.25, -0.2) is 0 Å². The van der Waals surface area contributed by atoms with Gasteiger partial charge in [0, 0.05) is 17.1 Å². The Morgan fingerprint density at radius 1 is 1.18 bits per heavy atom. The molecule has 0 aliphatic heterocycles. The Kier molecular flexibility index (Phi) is 4.35. The highest BCUT2D eigenvalue weighted by Crippen LogP contribution is 2.28.